The molecule has 1 fully saturated rings. The fraction of sp³-hybridized carbons (Fsp3) is 0.938. The van der Waals surface area contributed by atoms with Gasteiger partial charge in [0.15, 0.2) is 5.96 Å². The van der Waals surface area contributed by atoms with Crippen LogP contribution in [-0.4, -0.2) is 55.3 Å². The molecular formula is C16H31F3N4. The van der Waals surface area contributed by atoms with E-state index in [0.29, 0.717) is 36.9 Å². The van der Waals surface area contributed by atoms with E-state index in [9.17, 15) is 13.2 Å². The number of likely N-dealkylation sites (tertiary alicyclic amines) is 1. The minimum atomic E-state index is -4.06. The molecule has 0 aliphatic carbocycles. The van der Waals surface area contributed by atoms with Gasteiger partial charge in [-0.15, -0.1) is 0 Å². The Hall–Kier alpha value is -0.980. The van der Waals surface area contributed by atoms with Gasteiger partial charge in [-0.3, -0.25) is 9.89 Å². The number of nitrogens with zero attached hydrogens (tertiary/aromatic N) is 2. The van der Waals surface area contributed by atoms with Gasteiger partial charge in [0, 0.05) is 44.7 Å². The van der Waals surface area contributed by atoms with Crippen LogP contribution < -0.4 is 10.6 Å². The average molecular weight is 336 g/mol. The van der Waals surface area contributed by atoms with Crippen LogP contribution in [0.3, 0.4) is 0 Å². The minimum absolute atomic E-state index is 0.132. The van der Waals surface area contributed by atoms with E-state index in [2.05, 4.69) is 41.3 Å². The van der Waals surface area contributed by atoms with Gasteiger partial charge in [-0.1, -0.05) is 6.92 Å². The molecule has 1 saturated heterocycles. The van der Waals surface area contributed by atoms with E-state index < -0.39 is 12.6 Å². The Morgan fingerprint density at radius 2 is 1.96 bits per heavy atom. The third-order valence-electron chi connectivity index (χ3n) is 4.18. The average Bonchev–Trinajstić information content (AvgIpc) is 2.79. The van der Waals surface area contributed by atoms with Crippen LogP contribution in [0.2, 0.25) is 0 Å². The Kier molecular flexibility index (Phi) is 8.16. The maximum absolute atomic E-state index is 12.1. The molecule has 1 heterocycles. The van der Waals surface area contributed by atoms with Crippen LogP contribution in [0, 0.1) is 5.92 Å². The molecule has 0 amide bonds. The third-order valence-corrected chi connectivity index (χ3v) is 4.18. The molecule has 2 atom stereocenters. The maximum Gasteiger partial charge on any atom is 0.389 e. The van der Waals surface area contributed by atoms with Crippen LogP contribution in [0.4, 0.5) is 13.2 Å². The summed E-state index contributed by atoms with van der Waals surface area (Å²) < 4.78 is 36.3. The molecule has 7 heteroatoms. The first kappa shape index (κ1) is 20.1. The molecule has 4 nitrogen and oxygen atoms in total. The van der Waals surface area contributed by atoms with Gasteiger partial charge in [0.25, 0.3) is 0 Å². The quantitative estimate of drug-likeness (QED) is 0.426. The molecule has 2 unspecified atom stereocenters. The predicted molar refractivity (Wildman–Crippen MR) is 88.7 cm³/mol. The molecular weight excluding hydrogens is 305 g/mol. The summed E-state index contributed by atoms with van der Waals surface area (Å²) >= 11 is 0. The second kappa shape index (κ2) is 9.35. The van der Waals surface area contributed by atoms with E-state index in [1.54, 1.807) is 0 Å². The van der Waals surface area contributed by atoms with Crippen LogP contribution in [0.15, 0.2) is 4.99 Å². The molecule has 0 spiro atoms. The summed E-state index contributed by atoms with van der Waals surface area (Å²) in [5, 5.41) is 6.61. The fourth-order valence-corrected chi connectivity index (χ4v) is 2.74. The minimum Gasteiger partial charge on any atom is -0.357 e. The summed E-state index contributed by atoms with van der Waals surface area (Å²) in [4.78, 5) is 6.84. The second-order valence-electron chi connectivity index (χ2n) is 6.61. The topological polar surface area (TPSA) is 39.7 Å². The summed E-state index contributed by atoms with van der Waals surface area (Å²) in [5.74, 6) is 1.23. The number of guanidine groups is 1. The van der Waals surface area contributed by atoms with E-state index in [-0.39, 0.29) is 6.42 Å². The van der Waals surface area contributed by atoms with Crippen LogP contribution in [-0.2, 0) is 0 Å². The van der Waals surface area contributed by atoms with Gasteiger partial charge in [-0.05, 0) is 39.5 Å². The molecule has 0 saturated carbocycles. The Labute approximate surface area is 137 Å². The molecule has 136 valence electrons. The van der Waals surface area contributed by atoms with Crippen molar-refractivity contribution in [3.8, 4) is 0 Å². The van der Waals surface area contributed by atoms with Crippen molar-refractivity contribution >= 4 is 5.96 Å². The number of hydrogen-bond acceptors (Lipinski definition) is 2. The number of nitrogens with one attached hydrogen (secondary N) is 2. The number of alkyl halides is 3. The standard InChI is InChI=1S/C16H31F3N4/c1-5-20-15(21-9-7-6-8-16(17,18)19)22-14-11-23(12(2)3)10-13(14)4/h12-14H,5-11H2,1-4H3,(H2,20,21,22). The SMILES string of the molecule is CCNC(=NCCCCC(F)(F)F)NC1CN(C(C)C)CC1C. The van der Waals surface area contributed by atoms with Crippen molar-refractivity contribution in [1.29, 1.82) is 0 Å². The van der Waals surface area contributed by atoms with Gasteiger partial charge in [-0.25, -0.2) is 0 Å². The van der Waals surface area contributed by atoms with Crippen LogP contribution in [0.1, 0.15) is 47.0 Å². The van der Waals surface area contributed by atoms with Crippen LogP contribution >= 0.6 is 0 Å². The molecule has 0 aromatic heterocycles. The van der Waals surface area contributed by atoms with E-state index in [1.165, 1.54) is 0 Å². The van der Waals surface area contributed by atoms with Crippen LogP contribution in [0.25, 0.3) is 0 Å². The highest BCUT2D eigenvalue weighted by molar-refractivity contribution is 5.80. The van der Waals surface area contributed by atoms with Crippen molar-refractivity contribution < 1.29 is 13.2 Å². The highest BCUT2D eigenvalue weighted by Gasteiger charge is 2.31. The largest absolute Gasteiger partial charge is 0.389 e. The van der Waals surface area contributed by atoms with E-state index in [4.69, 9.17) is 0 Å². The molecule has 0 aromatic carbocycles. The van der Waals surface area contributed by atoms with Gasteiger partial charge in [-0.2, -0.15) is 13.2 Å². The number of halogens is 3. The summed E-state index contributed by atoms with van der Waals surface area (Å²) in [7, 11) is 0. The molecule has 2 N–H and O–H groups in total. The summed E-state index contributed by atoms with van der Waals surface area (Å²) in [5.41, 5.74) is 0. The van der Waals surface area contributed by atoms with Crippen molar-refractivity contribution in [3.63, 3.8) is 0 Å². The molecule has 0 aromatic rings. The molecule has 23 heavy (non-hydrogen) atoms. The molecule has 1 aliphatic heterocycles. The van der Waals surface area contributed by atoms with Gasteiger partial charge in [0.2, 0.25) is 0 Å². The van der Waals surface area contributed by atoms with Gasteiger partial charge < -0.3 is 10.6 Å². The van der Waals surface area contributed by atoms with Crippen molar-refractivity contribution in [3.05, 3.63) is 0 Å². The monoisotopic (exact) mass is 336 g/mol. The summed E-state index contributed by atoms with van der Waals surface area (Å²) in [6.45, 7) is 11.8. The lowest BCUT2D eigenvalue weighted by molar-refractivity contribution is -0.135. The van der Waals surface area contributed by atoms with E-state index >= 15 is 0 Å². The smallest absolute Gasteiger partial charge is 0.357 e. The van der Waals surface area contributed by atoms with Gasteiger partial charge in [0.1, 0.15) is 0 Å². The lowest BCUT2D eigenvalue weighted by atomic mass is 10.1. The second-order valence-corrected chi connectivity index (χ2v) is 6.61. The molecule has 0 bridgehead atoms. The zero-order valence-electron chi connectivity index (χ0n) is 14.7. The first-order chi connectivity index (χ1) is 10.7. The lowest BCUT2D eigenvalue weighted by Crippen LogP contribution is -2.46. The molecule has 1 rings (SSSR count). The van der Waals surface area contributed by atoms with Crippen molar-refractivity contribution in [2.45, 2.75) is 65.2 Å². The van der Waals surface area contributed by atoms with Crippen molar-refractivity contribution in [2.75, 3.05) is 26.2 Å². The Morgan fingerprint density at radius 1 is 1.26 bits per heavy atom. The van der Waals surface area contributed by atoms with Crippen molar-refractivity contribution in [1.82, 2.24) is 15.5 Å². The fourth-order valence-electron chi connectivity index (χ4n) is 2.74. The normalized spacial score (nSPS) is 23.6. The highest BCUT2D eigenvalue weighted by atomic mass is 19.4. The van der Waals surface area contributed by atoms with Gasteiger partial charge in [0.05, 0.1) is 0 Å². The first-order valence-corrected chi connectivity index (χ1v) is 8.58. The van der Waals surface area contributed by atoms with Gasteiger partial charge >= 0.3 is 6.18 Å². The Bertz CT molecular complexity index is 369. The summed E-state index contributed by atoms with van der Waals surface area (Å²) in [6, 6.07) is 0.844. The first-order valence-electron chi connectivity index (χ1n) is 8.58. The molecule has 1 aliphatic rings. The summed E-state index contributed by atoms with van der Waals surface area (Å²) in [6.07, 6.45) is -4.21. The third kappa shape index (κ3) is 7.90. The number of aliphatic imine (C=N–C) groups is 1. The number of hydrogen-bond donors (Lipinski definition) is 2. The number of unbranched alkanes of at least 4 members (excludes halogenated alkanes) is 1. The Morgan fingerprint density at radius 3 is 2.48 bits per heavy atom. The zero-order valence-corrected chi connectivity index (χ0v) is 14.7. The van der Waals surface area contributed by atoms with Crippen molar-refractivity contribution in [2.24, 2.45) is 10.9 Å². The van der Waals surface area contributed by atoms with Crippen LogP contribution in [0.5, 0.6) is 0 Å². The highest BCUT2D eigenvalue weighted by Crippen LogP contribution is 2.22. The lowest BCUT2D eigenvalue weighted by Gasteiger charge is -2.22. The van der Waals surface area contributed by atoms with E-state index in [1.807, 2.05) is 6.92 Å². The number of rotatable bonds is 7. The maximum atomic E-state index is 12.1. The zero-order chi connectivity index (χ0) is 17.5. The predicted octanol–water partition coefficient (Wildman–Crippen LogP) is 3.00. The van der Waals surface area contributed by atoms with E-state index in [0.717, 1.165) is 19.6 Å². The Balaban J connectivity index is 2.43. The molecule has 0 radical (unpaired) electrons.